The number of hydrogen-bond donors (Lipinski definition) is 2. The van der Waals surface area contributed by atoms with Crippen LogP contribution in [0.5, 0.6) is 0 Å². The summed E-state index contributed by atoms with van der Waals surface area (Å²) in [5.41, 5.74) is 1.38. The van der Waals surface area contributed by atoms with Gasteiger partial charge in [-0.05, 0) is 35.9 Å². The normalized spacial score (nSPS) is 11.3. The minimum atomic E-state index is -0.674. The monoisotopic (exact) mass is 454 g/mol. The van der Waals surface area contributed by atoms with Crippen molar-refractivity contribution < 1.29 is 23.5 Å². The molecule has 6 nitrogen and oxygen atoms in total. The fraction of sp³-hybridized carbons (Fsp3) is 0.125. The van der Waals surface area contributed by atoms with Crippen LogP contribution in [0.1, 0.15) is 28.4 Å². The Kier molecular flexibility index (Phi) is 7.94. The summed E-state index contributed by atoms with van der Waals surface area (Å²) in [5, 5.41) is 5.30. The maximum atomic E-state index is 13.1. The highest BCUT2D eigenvalue weighted by molar-refractivity contribution is 6.33. The Bertz CT molecular complexity index is 1090. The lowest BCUT2D eigenvalue weighted by Crippen LogP contribution is -2.31. The molecule has 3 aromatic carbocycles. The van der Waals surface area contributed by atoms with Gasteiger partial charge in [0.2, 0.25) is 0 Å². The Morgan fingerprint density at radius 3 is 2.25 bits per heavy atom. The van der Waals surface area contributed by atoms with Crippen LogP contribution in [-0.4, -0.2) is 24.4 Å². The van der Waals surface area contributed by atoms with Crippen LogP contribution < -0.4 is 10.6 Å². The summed E-state index contributed by atoms with van der Waals surface area (Å²) >= 11 is 5.87. The van der Waals surface area contributed by atoms with E-state index in [1.165, 1.54) is 6.07 Å². The van der Waals surface area contributed by atoms with Gasteiger partial charge in [0.25, 0.3) is 11.8 Å². The fourth-order valence-electron chi connectivity index (χ4n) is 2.92. The van der Waals surface area contributed by atoms with Crippen LogP contribution in [0.15, 0.2) is 78.9 Å². The second-order valence-corrected chi connectivity index (χ2v) is 7.25. The van der Waals surface area contributed by atoms with Crippen LogP contribution in [0, 0.1) is 5.82 Å². The molecule has 3 rings (SSSR count). The van der Waals surface area contributed by atoms with Gasteiger partial charge in [-0.3, -0.25) is 14.4 Å². The van der Waals surface area contributed by atoms with E-state index in [9.17, 15) is 18.8 Å². The molecule has 164 valence electrons. The van der Waals surface area contributed by atoms with Crippen LogP contribution >= 0.6 is 11.6 Å². The molecule has 1 atom stereocenters. The first-order chi connectivity index (χ1) is 15.4. The van der Waals surface area contributed by atoms with Gasteiger partial charge in [0.05, 0.1) is 23.2 Å². The molecule has 8 heteroatoms. The van der Waals surface area contributed by atoms with E-state index in [0.717, 1.165) is 17.7 Å². The first kappa shape index (κ1) is 23.0. The predicted molar refractivity (Wildman–Crippen MR) is 119 cm³/mol. The van der Waals surface area contributed by atoms with E-state index in [1.54, 1.807) is 54.6 Å². The summed E-state index contributed by atoms with van der Waals surface area (Å²) < 4.78 is 18.2. The molecule has 1 unspecified atom stereocenters. The zero-order valence-corrected chi connectivity index (χ0v) is 17.6. The summed E-state index contributed by atoms with van der Waals surface area (Å²) in [6.07, 6.45) is -0.173. The fourth-order valence-corrected chi connectivity index (χ4v) is 3.13. The van der Waals surface area contributed by atoms with Crippen molar-refractivity contribution in [3.8, 4) is 0 Å². The van der Waals surface area contributed by atoms with Gasteiger partial charge in [-0.15, -0.1) is 0 Å². The van der Waals surface area contributed by atoms with Crippen molar-refractivity contribution >= 4 is 35.1 Å². The predicted octanol–water partition coefficient (Wildman–Crippen LogP) is 4.52. The third kappa shape index (κ3) is 6.65. The number of rotatable bonds is 8. The maximum Gasteiger partial charge on any atom is 0.308 e. The van der Waals surface area contributed by atoms with Crippen molar-refractivity contribution in [1.29, 1.82) is 0 Å². The second-order valence-electron chi connectivity index (χ2n) is 6.84. The first-order valence-corrected chi connectivity index (χ1v) is 10.1. The maximum absolute atomic E-state index is 13.1. The van der Waals surface area contributed by atoms with Crippen LogP contribution in [0.25, 0.3) is 0 Å². The van der Waals surface area contributed by atoms with Gasteiger partial charge < -0.3 is 15.4 Å². The number of carbonyl (C=O) groups excluding carboxylic acids is 3. The Balaban J connectivity index is 1.59. The van der Waals surface area contributed by atoms with Crippen molar-refractivity contribution in [2.75, 3.05) is 11.9 Å². The Morgan fingerprint density at radius 2 is 1.59 bits per heavy atom. The topological polar surface area (TPSA) is 84.5 Å². The summed E-state index contributed by atoms with van der Waals surface area (Å²) in [7, 11) is 0. The molecule has 2 N–H and O–H groups in total. The number of esters is 1. The minimum Gasteiger partial charge on any atom is -0.455 e. The van der Waals surface area contributed by atoms with Crippen molar-refractivity contribution in [1.82, 2.24) is 5.32 Å². The molecule has 0 aliphatic rings. The smallest absolute Gasteiger partial charge is 0.308 e. The number of anilines is 1. The molecule has 3 aromatic rings. The zero-order valence-electron chi connectivity index (χ0n) is 16.9. The van der Waals surface area contributed by atoms with Crippen LogP contribution in [0.2, 0.25) is 5.02 Å². The summed E-state index contributed by atoms with van der Waals surface area (Å²) in [4.78, 5) is 37.0. The van der Waals surface area contributed by atoms with Gasteiger partial charge in [0.1, 0.15) is 5.82 Å². The molecule has 2 amide bonds. The summed E-state index contributed by atoms with van der Waals surface area (Å²) in [5.74, 6) is -2.18. The molecular weight excluding hydrogens is 435 g/mol. The molecule has 0 radical (unpaired) electrons. The highest BCUT2D eigenvalue weighted by atomic mass is 35.5. The molecule has 0 fully saturated rings. The van der Waals surface area contributed by atoms with E-state index in [2.05, 4.69) is 10.6 Å². The SMILES string of the molecule is O=C(COC(=O)CC(NC(=O)c1ccccc1)c1ccccc1)Nc1ccc(F)cc1Cl. The number of hydrogen-bond acceptors (Lipinski definition) is 4. The van der Waals surface area contributed by atoms with Crippen LogP contribution in [-0.2, 0) is 14.3 Å². The molecule has 0 aromatic heterocycles. The molecule has 0 aliphatic heterocycles. The van der Waals surface area contributed by atoms with Crippen molar-refractivity contribution in [2.24, 2.45) is 0 Å². The van der Waals surface area contributed by atoms with Gasteiger partial charge in [0.15, 0.2) is 6.61 Å². The Morgan fingerprint density at radius 1 is 0.938 bits per heavy atom. The van der Waals surface area contributed by atoms with E-state index in [4.69, 9.17) is 16.3 Å². The van der Waals surface area contributed by atoms with E-state index in [-0.39, 0.29) is 23.0 Å². The van der Waals surface area contributed by atoms with E-state index >= 15 is 0 Å². The number of ether oxygens (including phenoxy) is 1. The van der Waals surface area contributed by atoms with Crippen molar-refractivity contribution in [3.05, 3.63) is 101 Å². The third-order valence-corrected chi connectivity index (χ3v) is 4.80. The zero-order chi connectivity index (χ0) is 22.9. The number of benzene rings is 3. The average molecular weight is 455 g/mol. The van der Waals surface area contributed by atoms with Gasteiger partial charge in [-0.25, -0.2) is 4.39 Å². The van der Waals surface area contributed by atoms with Crippen molar-refractivity contribution in [2.45, 2.75) is 12.5 Å². The van der Waals surface area contributed by atoms with Gasteiger partial charge in [-0.2, -0.15) is 0 Å². The number of nitrogens with one attached hydrogen (secondary N) is 2. The number of carbonyl (C=O) groups is 3. The first-order valence-electron chi connectivity index (χ1n) is 9.74. The van der Waals surface area contributed by atoms with Gasteiger partial charge in [-0.1, -0.05) is 60.1 Å². The molecule has 0 saturated heterocycles. The average Bonchev–Trinajstić information content (AvgIpc) is 2.80. The van der Waals surface area contributed by atoms with Gasteiger partial charge in [0, 0.05) is 5.56 Å². The summed E-state index contributed by atoms with van der Waals surface area (Å²) in [6.45, 7) is -0.555. The second kappa shape index (κ2) is 11.1. The standard InChI is InChI=1S/C24H20ClFN2O4/c25-19-13-18(26)11-12-20(19)27-22(29)15-32-23(30)14-21(16-7-3-1-4-8-16)28-24(31)17-9-5-2-6-10-17/h1-13,21H,14-15H2,(H,27,29)(H,28,31). The molecule has 0 spiro atoms. The van der Waals surface area contributed by atoms with E-state index < -0.39 is 30.3 Å². The van der Waals surface area contributed by atoms with Crippen LogP contribution in [0.4, 0.5) is 10.1 Å². The minimum absolute atomic E-state index is 0.0254. The van der Waals surface area contributed by atoms with E-state index in [0.29, 0.717) is 5.56 Å². The van der Waals surface area contributed by atoms with Gasteiger partial charge >= 0.3 is 5.97 Å². The lowest BCUT2D eigenvalue weighted by Gasteiger charge is -2.19. The lowest BCUT2D eigenvalue weighted by atomic mass is 10.0. The molecule has 32 heavy (non-hydrogen) atoms. The molecule has 0 saturated carbocycles. The van der Waals surface area contributed by atoms with E-state index in [1.807, 2.05) is 6.07 Å². The molecule has 0 aliphatic carbocycles. The summed E-state index contributed by atoms with van der Waals surface area (Å²) in [6, 6.07) is 20.5. The molecular formula is C24H20ClFN2O4. The Labute approximate surface area is 189 Å². The quantitative estimate of drug-likeness (QED) is 0.490. The highest BCUT2D eigenvalue weighted by Crippen LogP contribution is 2.22. The van der Waals surface area contributed by atoms with Crippen molar-refractivity contribution in [3.63, 3.8) is 0 Å². The largest absolute Gasteiger partial charge is 0.455 e. The number of halogens is 2. The molecule has 0 bridgehead atoms. The van der Waals surface area contributed by atoms with Crippen LogP contribution in [0.3, 0.4) is 0 Å². The third-order valence-electron chi connectivity index (χ3n) is 4.48. The highest BCUT2D eigenvalue weighted by Gasteiger charge is 2.21. The number of amides is 2. The Hall–Kier alpha value is -3.71. The molecule has 0 heterocycles. The lowest BCUT2D eigenvalue weighted by molar-refractivity contribution is -0.147.